The van der Waals surface area contributed by atoms with Crippen molar-refractivity contribution in [3.63, 3.8) is 0 Å². The summed E-state index contributed by atoms with van der Waals surface area (Å²) in [6.45, 7) is 3.92. The van der Waals surface area contributed by atoms with Gasteiger partial charge >= 0.3 is 0 Å². The number of nitrogens with one attached hydrogen (secondary N) is 1. The van der Waals surface area contributed by atoms with Crippen molar-refractivity contribution in [3.8, 4) is 0 Å². The average Bonchev–Trinajstić information content (AvgIpc) is 2.85. The predicted molar refractivity (Wildman–Crippen MR) is 130 cm³/mol. The highest BCUT2D eigenvalue weighted by Gasteiger charge is 2.27. The minimum absolute atomic E-state index is 0.114. The number of anilines is 2. The number of sulfonamides is 1. The second kappa shape index (κ2) is 10.1. The second-order valence-corrected chi connectivity index (χ2v) is 10.6. The molecule has 1 N–H and O–H groups in total. The Balaban J connectivity index is 1.53. The van der Waals surface area contributed by atoms with Gasteiger partial charge < -0.3 is 15.1 Å². The van der Waals surface area contributed by atoms with Gasteiger partial charge in [0.25, 0.3) is 11.6 Å². The van der Waals surface area contributed by atoms with Crippen LogP contribution in [0.15, 0.2) is 47.4 Å². The molecule has 0 atom stereocenters. The fraction of sp³-hybridized carbons (Fsp3) is 0.435. The van der Waals surface area contributed by atoms with Crippen LogP contribution in [0.1, 0.15) is 29.6 Å². The molecule has 0 aromatic heterocycles. The first kappa shape index (κ1) is 24.1. The van der Waals surface area contributed by atoms with Gasteiger partial charge in [-0.1, -0.05) is 12.5 Å². The minimum Gasteiger partial charge on any atom is -0.363 e. The Morgan fingerprint density at radius 1 is 0.971 bits per heavy atom. The van der Waals surface area contributed by atoms with Crippen LogP contribution >= 0.6 is 0 Å². The highest BCUT2D eigenvalue weighted by Crippen LogP contribution is 2.30. The topological polar surface area (TPSA) is 116 Å². The van der Waals surface area contributed by atoms with Crippen LogP contribution in [-0.4, -0.2) is 74.8 Å². The Bertz CT molecular complexity index is 1170. The third-order valence-electron chi connectivity index (χ3n) is 6.32. The summed E-state index contributed by atoms with van der Waals surface area (Å²) in [4.78, 5) is 28.3. The van der Waals surface area contributed by atoms with Crippen molar-refractivity contribution in [2.75, 3.05) is 56.5 Å². The van der Waals surface area contributed by atoms with Gasteiger partial charge in [-0.2, -0.15) is 4.31 Å². The maximum absolute atomic E-state index is 13.0. The molecule has 2 aliphatic heterocycles. The Kier molecular flexibility index (Phi) is 7.15. The van der Waals surface area contributed by atoms with E-state index in [0.29, 0.717) is 37.6 Å². The number of hydrogen-bond acceptors (Lipinski definition) is 7. The molecule has 11 heteroatoms. The molecule has 182 valence electrons. The number of carbonyl (C=O) groups is 1. The minimum atomic E-state index is -3.64. The van der Waals surface area contributed by atoms with E-state index in [-0.39, 0.29) is 16.1 Å². The maximum Gasteiger partial charge on any atom is 0.293 e. The smallest absolute Gasteiger partial charge is 0.293 e. The fourth-order valence-electron chi connectivity index (χ4n) is 4.32. The van der Waals surface area contributed by atoms with Crippen LogP contribution in [0.25, 0.3) is 0 Å². The van der Waals surface area contributed by atoms with Gasteiger partial charge in [0.15, 0.2) is 0 Å². The largest absolute Gasteiger partial charge is 0.363 e. The van der Waals surface area contributed by atoms with Crippen LogP contribution in [0, 0.1) is 10.1 Å². The summed E-state index contributed by atoms with van der Waals surface area (Å²) in [5.74, 6) is -0.541. The average molecular weight is 488 g/mol. The van der Waals surface area contributed by atoms with E-state index in [1.54, 1.807) is 24.3 Å². The van der Waals surface area contributed by atoms with E-state index < -0.39 is 20.9 Å². The summed E-state index contributed by atoms with van der Waals surface area (Å²) >= 11 is 0. The molecule has 0 saturated carbocycles. The number of nitro benzene ring substituents is 1. The molecular weight excluding hydrogens is 458 g/mol. The molecule has 0 unspecified atom stereocenters. The summed E-state index contributed by atoms with van der Waals surface area (Å²) < 4.78 is 27.4. The van der Waals surface area contributed by atoms with Crippen LogP contribution in [0.2, 0.25) is 0 Å². The lowest BCUT2D eigenvalue weighted by molar-refractivity contribution is -0.384. The molecule has 0 spiro atoms. The van der Waals surface area contributed by atoms with E-state index in [4.69, 9.17) is 0 Å². The van der Waals surface area contributed by atoms with Gasteiger partial charge in [-0.25, -0.2) is 8.42 Å². The second-order valence-electron chi connectivity index (χ2n) is 8.70. The fourth-order valence-corrected chi connectivity index (χ4v) is 5.88. The quantitative estimate of drug-likeness (QED) is 0.492. The van der Waals surface area contributed by atoms with E-state index in [1.807, 2.05) is 11.9 Å². The molecule has 0 bridgehead atoms. The van der Waals surface area contributed by atoms with Gasteiger partial charge in [0.05, 0.1) is 9.82 Å². The molecule has 2 saturated heterocycles. The molecular formula is C23H29N5O5S. The zero-order valence-corrected chi connectivity index (χ0v) is 20.0. The number of nitro groups is 1. The molecule has 2 heterocycles. The number of carbonyl (C=O) groups excluding carboxylic acids is 1. The van der Waals surface area contributed by atoms with Crippen molar-refractivity contribution in [1.82, 2.24) is 9.21 Å². The van der Waals surface area contributed by atoms with Crippen molar-refractivity contribution in [2.45, 2.75) is 24.2 Å². The molecule has 10 nitrogen and oxygen atoms in total. The van der Waals surface area contributed by atoms with Crippen molar-refractivity contribution < 1.29 is 18.1 Å². The Hall–Kier alpha value is -3.02. The summed E-state index contributed by atoms with van der Waals surface area (Å²) in [5.41, 5.74) is 0.811. The zero-order chi connectivity index (χ0) is 24.3. The summed E-state index contributed by atoms with van der Waals surface area (Å²) in [5, 5.41) is 14.4. The lowest BCUT2D eigenvalue weighted by atomic mass is 10.1. The van der Waals surface area contributed by atoms with Crippen LogP contribution in [-0.2, 0) is 10.0 Å². The standard InChI is InChI=1S/C23H29N5O5S/c1-25-12-14-26(15-13-25)21-9-8-18(16-22(21)28(30)31)23(29)24-19-6-5-7-20(17-19)34(32,33)27-10-3-2-4-11-27/h5-9,16-17H,2-4,10-15H2,1H3,(H,24,29). The monoisotopic (exact) mass is 487 g/mol. The Labute approximate surface area is 199 Å². The number of piperazine rings is 1. The third-order valence-corrected chi connectivity index (χ3v) is 8.22. The highest BCUT2D eigenvalue weighted by atomic mass is 32.2. The van der Waals surface area contributed by atoms with Crippen LogP contribution in [0.3, 0.4) is 0 Å². The molecule has 0 radical (unpaired) electrons. The third kappa shape index (κ3) is 5.21. The molecule has 1 amide bonds. The van der Waals surface area contributed by atoms with E-state index in [1.165, 1.54) is 22.5 Å². The molecule has 0 aliphatic carbocycles. The van der Waals surface area contributed by atoms with Crippen LogP contribution < -0.4 is 10.2 Å². The highest BCUT2D eigenvalue weighted by molar-refractivity contribution is 7.89. The lowest BCUT2D eigenvalue weighted by Crippen LogP contribution is -2.44. The van der Waals surface area contributed by atoms with Gasteiger partial charge in [-0.05, 0) is 50.2 Å². The Morgan fingerprint density at radius 3 is 2.35 bits per heavy atom. The number of likely N-dealkylation sites (N-methyl/N-ethyl adjacent to an activating group) is 1. The zero-order valence-electron chi connectivity index (χ0n) is 19.1. The number of hydrogen-bond donors (Lipinski definition) is 1. The first-order valence-electron chi connectivity index (χ1n) is 11.4. The van der Waals surface area contributed by atoms with E-state index in [2.05, 4.69) is 10.2 Å². The summed E-state index contributed by atoms with van der Waals surface area (Å²) in [6.07, 6.45) is 2.68. The van der Waals surface area contributed by atoms with Gasteiger partial charge in [-0.15, -0.1) is 0 Å². The van der Waals surface area contributed by atoms with E-state index in [0.717, 1.165) is 32.4 Å². The molecule has 4 rings (SSSR count). The molecule has 2 aliphatic rings. The van der Waals surface area contributed by atoms with Crippen LogP contribution in [0.5, 0.6) is 0 Å². The predicted octanol–water partition coefficient (Wildman–Crippen LogP) is 2.77. The molecule has 2 aromatic rings. The normalized spacial score (nSPS) is 18.0. The maximum atomic E-state index is 13.0. The number of rotatable bonds is 6. The summed E-state index contributed by atoms with van der Waals surface area (Å²) in [7, 11) is -1.64. The number of benzene rings is 2. The van der Waals surface area contributed by atoms with Crippen LogP contribution in [0.4, 0.5) is 17.1 Å². The lowest BCUT2D eigenvalue weighted by Gasteiger charge is -2.33. The van der Waals surface area contributed by atoms with Crippen molar-refractivity contribution in [2.24, 2.45) is 0 Å². The van der Waals surface area contributed by atoms with Crippen molar-refractivity contribution in [3.05, 3.63) is 58.1 Å². The van der Waals surface area contributed by atoms with Gasteiger partial charge in [0.2, 0.25) is 10.0 Å². The SMILES string of the molecule is CN1CCN(c2ccc(C(=O)Nc3cccc(S(=O)(=O)N4CCCCC4)c3)cc2[N+](=O)[O-])CC1. The van der Waals surface area contributed by atoms with E-state index >= 15 is 0 Å². The molecule has 2 aromatic carbocycles. The molecule has 2 fully saturated rings. The first-order chi connectivity index (χ1) is 16.3. The summed E-state index contributed by atoms with van der Waals surface area (Å²) in [6, 6.07) is 10.5. The van der Waals surface area contributed by atoms with Gasteiger partial charge in [0, 0.05) is 56.6 Å². The van der Waals surface area contributed by atoms with Crippen molar-refractivity contribution >= 4 is 33.0 Å². The van der Waals surface area contributed by atoms with Crippen molar-refractivity contribution in [1.29, 1.82) is 0 Å². The number of amides is 1. The Morgan fingerprint density at radius 2 is 1.68 bits per heavy atom. The number of piperidine rings is 1. The van der Waals surface area contributed by atoms with Gasteiger partial charge in [-0.3, -0.25) is 14.9 Å². The van der Waals surface area contributed by atoms with E-state index in [9.17, 15) is 23.3 Å². The molecule has 34 heavy (non-hydrogen) atoms. The number of nitrogens with zero attached hydrogens (tertiary/aromatic N) is 4. The first-order valence-corrected chi connectivity index (χ1v) is 12.8. The van der Waals surface area contributed by atoms with Gasteiger partial charge in [0.1, 0.15) is 5.69 Å².